The van der Waals surface area contributed by atoms with E-state index in [4.69, 9.17) is 0 Å². The number of amidine groups is 1. The highest BCUT2D eigenvalue weighted by molar-refractivity contribution is 8.14. The highest BCUT2D eigenvalue weighted by Gasteiger charge is 2.34. The molecule has 2 nitrogen and oxygen atoms in total. The molecule has 1 aromatic rings. The third-order valence-electron chi connectivity index (χ3n) is 3.57. The van der Waals surface area contributed by atoms with Crippen LogP contribution in [-0.2, 0) is 0 Å². The van der Waals surface area contributed by atoms with Gasteiger partial charge in [0.05, 0.1) is 5.54 Å². The van der Waals surface area contributed by atoms with Crippen molar-refractivity contribution in [1.82, 2.24) is 0 Å². The summed E-state index contributed by atoms with van der Waals surface area (Å²) in [5.41, 5.74) is -1.43. The summed E-state index contributed by atoms with van der Waals surface area (Å²) in [6.07, 6.45) is 1.44. The van der Waals surface area contributed by atoms with Gasteiger partial charge in [0, 0.05) is 5.75 Å². The van der Waals surface area contributed by atoms with Crippen molar-refractivity contribution in [1.29, 1.82) is 0 Å². The molecule has 0 saturated carbocycles. The fourth-order valence-corrected chi connectivity index (χ4v) is 3.29. The summed E-state index contributed by atoms with van der Waals surface area (Å²) in [5.74, 6) is -9.31. The van der Waals surface area contributed by atoms with Gasteiger partial charge < -0.3 is 5.32 Å². The minimum Gasteiger partial charge on any atom is -0.330 e. The molecule has 1 aromatic carbocycles. The third kappa shape index (κ3) is 2.73. The lowest BCUT2D eigenvalue weighted by molar-refractivity contribution is 0.382. The largest absolute Gasteiger partial charge is 0.330 e. The molecule has 21 heavy (non-hydrogen) atoms. The molecule has 0 fully saturated rings. The Balaban J connectivity index is 2.38. The van der Waals surface area contributed by atoms with Gasteiger partial charge >= 0.3 is 0 Å². The van der Waals surface area contributed by atoms with Crippen molar-refractivity contribution >= 4 is 22.6 Å². The average Bonchev–Trinajstić information content (AvgIpc) is 2.91. The maximum atomic E-state index is 13.6. The van der Waals surface area contributed by atoms with Gasteiger partial charge in [0.25, 0.3) is 0 Å². The molecule has 1 aliphatic rings. The molecule has 0 aromatic heterocycles. The zero-order chi connectivity index (χ0) is 15.8. The summed E-state index contributed by atoms with van der Waals surface area (Å²) in [6.45, 7) is 3.85. The fraction of sp³-hybridized carbons (Fsp3) is 0.462. The molecule has 0 saturated heterocycles. The monoisotopic (exact) mass is 324 g/mol. The number of rotatable bonds is 3. The first-order valence-electron chi connectivity index (χ1n) is 6.36. The van der Waals surface area contributed by atoms with Crippen LogP contribution in [0.25, 0.3) is 0 Å². The van der Waals surface area contributed by atoms with Crippen LogP contribution in [0.4, 0.5) is 27.6 Å². The lowest BCUT2D eigenvalue weighted by Crippen LogP contribution is -2.24. The van der Waals surface area contributed by atoms with Crippen molar-refractivity contribution in [2.24, 2.45) is 4.99 Å². The number of halogens is 5. The number of anilines is 1. The predicted molar refractivity (Wildman–Crippen MR) is 73.1 cm³/mol. The summed E-state index contributed by atoms with van der Waals surface area (Å²) in [7, 11) is 0. The van der Waals surface area contributed by atoms with Crippen molar-refractivity contribution in [3.63, 3.8) is 0 Å². The van der Waals surface area contributed by atoms with E-state index >= 15 is 0 Å². The number of aliphatic imine (C=N–C) groups is 1. The number of hydrogen-bond donors (Lipinski definition) is 1. The van der Waals surface area contributed by atoms with Crippen LogP contribution in [0.1, 0.15) is 26.7 Å². The quantitative estimate of drug-likeness (QED) is 0.504. The first kappa shape index (κ1) is 16.1. The molecule has 0 spiro atoms. The third-order valence-corrected chi connectivity index (χ3v) is 4.72. The van der Waals surface area contributed by atoms with Gasteiger partial charge in [-0.25, -0.2) is 22.0 Å². The molecular weight excluding hydrogens is 311 g/mol. The second-order valence-electron chi connectivity index (χ2n) is 4.71. The minimum atomic E-state index is -2.17. The van der Waals surface area contributed by atoms with E-state index in [1.165, 1.54) is 11.8 Å². The number of nitrogens with one attached hydrogen (secondary N) is 1. The molecule has 1 heterocycles. The van der Waals surface area contributed by atoms with Crippen LogP contribution < -0.4 is 5.32 Å². The van der Waals surface area contributed by atoms with Crippen LogP contribution >= 0.6 is 11.8 Å². The predicted octanol–water partition coefficient (Wildman–Crippen LogP) is 4.46. The smallest absolute Gasteiger partial charge is 0.200 e. The highest BCUT2D eigenvalue weighted by Crippen LogP contribution is 2.35. The van der Waals surface area contributed by atoms with Crippen LogP contribution in [0.3, 0.4) is 0 Å². The van der Waals surface area contributed by atoms with Crippen molar-refractivity contribution in [2.75, 3.05) is 11.1 Å². The summed E-state index contributed by atoms with van der Waals surface area (Å²) >= 11 is 1.19. The molecule has 0 amide bonds. The van der Waals surface area contributed by atoms with E-state index in [0.717, 1.165) is 12.8 Å². The fourth-order valence-electron chi connectivity index (χ4n) is 1.98. The molecule has 0 bridgehead atoms. The zero-order valence-electron chi connectivity index (χ0n) is 11.4. The average molecular weight is 324 g/mol. The molecular formula is C13H13F5N2S. The van der Waals surface area contributed by atoms with Crippen molar-refractivity contribution in [2.45, 2.75) is 32.2 Å². The van der Waals surface area contributed by atoms with Crippen molar-refractivity contribution in [3.8, 4) is 0 Å². The summed E-state index contributed by atoms with van der Waals surface area (Å²) in [5, 5.41) is 2.38. The molecule has 0 radical (unpaired) electrons. The normalized spacial score (nSPS) is 17.0. The number of nitrogens with zero attached hydrogens (tertiary/aromatic N) is 1. The van der Waals surface area contributed by atoms with E-state index in [1.807, 2.05) is 13.8 Å². The SMILES string of the molecule is CCC1(CC)CSC(Nc2c(F)c(F)c(F)c(F)c2F)=N1. The Kier molecular flexibility index (Phi) is 4.46. The van der Waals surface area contributed by atoms with Crippen LogP contribution in [0, 0.1) is 29.1 Å². The van der Waals surface area contributed by atoms with Gasteiger partial charge in [-0.05, 0) is 12.8 Å². The van der Waals surface area contributed by atoms with E-state index in [2.05, 4.69) is 10.3 Å². The Bertz CT molecular complexity index is 570. The second-order valence-corrected chi connectivity index (χ2v) is 5.67. The molecule has 8 heteroatoms. The van der Waals surface area contributed by atoms with Crippen molar-refractivity contribution in [3.05, 3.63) is 29.1 Å². The first-order valence-corrected chi connectivity index (χ1v) is 7.35. The number of benzene rings is 1. The van der Waals surface area contributed by atoms with Gasteiger partial charge in [-0.3, -0.25) is 4.99 Å². The van der Waals surface area contributed by atoms with E-state index in [9.17, 15) is 22.0 Å². The van der Waals surface area contributed by atoms with E-state index in [0.29, 0.717) is 5.75 Å². The van der Waals surface area contributed by atoms with Gasteiger partial charge in [-0.15, -0.1) is 0 Å². The second kappa shape index (κ2) is 5.82. The molecule has 0 atom stereocenters. The van der Waals surface area contributed by atoms with Crippen LogP contribution in [0.2, 0.25) is 0 Å². The number of thioether (sulfide) groups is 1. The van der Waals surface area contributed by atoms with E-state index in [-0.39, 0.29) is 10.7 Å². The van der Waals surface area contributed by atoms with Crippen LogP contribution in [0.15, 0.2) is 4.99 Å². The standard InChI is InChI=1S/C13H13F5N2S/c1-3-13(4-2)5-21-12(20-13)19-11-9(17)7(15)6(14)8(16)10(11)18/h3-5H2,1-2H3,(H,19,20). The Labute approximate surface area is 122 Å². The van der Waals surface area contributed by atoms with Crippen molar-refractivity contribution < 1.29 is 22.0 Å². The highest BCUT2D eigenvalue weighted by atomic mass is 32.2. The molecule has 1 N–H and O–H groups in total. The maximum absolute atomic E-state index is 13.6. The van der Waals surface area contributed by atoms with Gasteiger partial charge in [-0.2, -0.15) is 0 Å². The summed E-state index contributed by atoms with van der Waals surface area (Å²) in [4.78, 5) is 4.31. The van der Waals surface area contributed by atoms with Gasteiger partial charge in [-0.1, -0.05) is 25.6 Å². The Hall–Kier alpha value is -1.31. The molecule has 0 aliphatic carbocycles. The zero-order valence-corrected chi connectivity index (χ0v) is 12.2. The number of hydrogen-bond acceptors (Lipinski definition) is 3. The summed E-state index contributed by atoms with van der Waals surface area (Å²) < 4.78 is 66.3. The molecule has 116 valence electrons. The van der Waals surface area contributed by atoms with Gasteiger partial charge in [0.1, 0.15) is 5.69 Å². The minimum absolute atomic E-state index is 0.155. The lowest BCUT2D eigenvalue weighted by atomic mass is 9.97. The Morgan fingerprint density at radius 3 is 1.86 bits per heavy atom. The first-order chi connectivity index (χ1) is 9.85. The van der Waals surface area contributed by atoms with E-state index in [1.54, 1.807) is 0 Å². The topological polar surface area (TPSA) is 24.4 Å². The van der Waals surface area contributed by atoms with Crippen LogP contribution in [0.5, 0.6) is 0 Å². The van der Waals surface area contributed by atoms with Crippen LogP contribution in [-0.4, -0.2) is 16.5 Å². The Morgan fingerprint density at radius 2 is 1.43 bits per heavy atom. The van der Waals surface area contributed by atoms with Gasteiger partial charge in [0.2, 0.25) is 5.82 Å². The molecule has 2 rings (SSSR count). The molecule has 0 unspecified atom stereocenters. The lowest BCUT2D eigenvalue weighted by Gasteiger charge is -2.20. The maximum Gasteiger partial charge on any atom is 0.200 e. The van der Waals surface area contributed by atoms with Gasteiger partial charge in [0.15, 0.2) is 28.4 Å². The Morgan fingerprint density at radius 1 is 0.952 bits per heavy atom. The van der Waals surface area contributed by atoms with E-state index < -0.39 is 34.8 Å². The summed E-state index contributed by atoms with van der Waals surface area (Å²) in [6, 6.07) is 0. The molecule has 1 aliphatic heterocycles.